The van der Waals surface area contributed by atoms with Gasteiger partial charge in [0.15, 0.2) is 0 Å². The van der Waals surface area contributed by atoms with Crippen molar-refractivity contribution in [1.29, 1.82) is 0 Å². The molecule has 0 aliphatic carbocycles. The van der Waals surface area contributed by atoms with Gasteiger partial charge in [-0.25, -0.2) is 0 Å². The van der Waals surface area contributed by atoms with Crippen LogP contribution in [0.3, 0.4) is 0 Å². The molecule has 0 aliphatic rings. The summed E-state index contributed by atoms with van der Waals surface area (Å²) in [5.41, 5.74) is 2.38. The summed E-state index contributed by atoms with van der Waals surface area (Å²) in [6, 6.07) is 1.32. The van der Waals surface area contributed by atoms with Crippen molar-refractivity contribution in [2.45, 2.75) is 38.9 Å². The zero-order valence-electron chi connectivity index (χ0n) is 7.85. The van der Waals surface area contributed by atoms with E-state index in [0.717, 1.165) is 6.42 Å². The van der Waals surface area contributed by atoms with Gasteiger partial charge in [-0.05, 0) is 13.3 Å². The maximum Gasteiger partial charge on any atom is 0.0713 e. The second-order valence-electron chi connectivity index (χ2n) is 3.55. The molecule has 0 atom stereocenters. The second kappa shape index (κ2) is 5.20. The Morgan fingerprint density at radius 3 is 2.55 bits per heavy atom. The highest BCUT2D eigenvalue weighted by atomic mass is 28.3. The molecule has 0 fully saturated rings. The molecule has 0 nitrogen and oxygen atoms in total. The Morgan fingerprint density at radius 2 is 2.09 bits per heavy atom. The van der Waals surface area contributed by atoms with E-state index in [2.05, 4.69) is 37.7 Å². The van der Waals surface area contributed by atoms with E-state index in [1.54, 1.807) is 0 Å². The number of hydrogen-bond acceptors (Lipinski definition) is 0. The van der Waals surface area contributed by atoms with E-state index >= 15 is 0 Å². The molecule has 0 bridgehead atoms. The predicted molar refractivity (Wildman–Crippen MR) is 55.2 cm³/mol. The van der Waals surface area contributed by atoms with Crippen LogP contribution in [0.5, 0.6) is 0 Å². The van der Waals surface area contributed by atoms with Gasteiger partial charge in [-0.2, -0.15) is 0 Å². The molecule has 0 aromatic carbocycles. The fourth-order valence-electron chi connectivity index (χ4n) is 1.18. The lowest BCUT2D eigenvalue weighted by Crippen LogP contribution is -2.21. The maximum atomic E-state index is 5.18. The van der Waals surface area contributed by atoms with Crippen molar-refractivity contribution in [3.8, 4) is 12.3 Å². The number of unbranched alkanes of at least 4 members (excludes halogenated alkanes) is 1. The molecule has 0 aliphatic heterocycles. The van der Waals surface area contributed by atoms with Gasteiger partial charge in [0.25, 0.3) is 0 Å². The van der Waals surface area contributed by atoms with Crippen LogP contribution >= 0.6 is 0 Å². The Balaban J connectivity index is 3.65. The van der Waals surface area contributed by atoms with Crippen LogP contribution in [0.2, 0.25) is 19.1 Å². The van der Waals surface area contributed by atoms with Gasteiger partial charge in [-0.15, -0.1) is 12.3 Å². The molecule has 0 aromatic heterocycles. The first kappa shape index (κ1) is 10.5. The van der Waals surface area contributed by atoms with Gasteiger partial charge in [-0.1, -0.05) is 30.9 Å². The van der Waals surface area contributed by atoms with Crippen molar-refractivity contribution in [2.24, 2.45) is 0 Å². The summed E-state index contributed by atoms with van der Waals surface area (Å²) in [4.78, 5) is 0. The van der Waals surface area contributed by atoms with Crippen molar-refractivity contribution in [3.05, 3.63) is 11.8 Å². The molecule has 1 heteroatoms. The lowest BCUT2D eigenvalue weighted by atomic mass is 10.4. The van der Waals surface area contributed by atoms with Gasteiger partial charge in [0.2, 0.25) is 0 Å². The van der Waals surface area contributed by atoms with Crippen LogP contribution in [-0.4, -0.2) is 8.07 Å². The van der Waals surface area contributed by atoms with Crippen molar-refractivity contribution in [2.75, 3.05) is 0 Å². The minimum absolute atomic E-state index is 0.938. The van der Waals surface area contributed by atoms with Crippen molar-refractivity contribution in [1.82, 2.24) is 0 Å². The first-order valence-corrected chi connectivity index (χ1v) is 7.48. The Morgan fingerprint density at radius 1 is 1.45 bits per heavy atom. The Hall–Kier alpha value is -0.483. The summed E-state index contributed by atoms with van der Waals surface area (Å²) in [6.45, 7) is 6.85. The van der Waals surface area contributed by atoms with Gasteiger partial charge < -0.3 is 0 Å². The van der Waals surface area contributed by atoms with E-state index in [1.807, 2.05) is 0 Å². The third kappa shape index (κ3) is 5.94. The third-order valence-electron chi connectivity index (χ3n) is 1.76. The zero-order chi connectivity index (χ0) is 8.74. The molecule has 0 heterocycles. The molecule has 0 radical (unpaired) electrons. The monoisotopic (exact) mass is 166 g/mol. The molecule has 0 aromatic rings. The molecule has 0 amide bonds. The number of terminal acetylenes is 1. The average molecular weight is 166 g/mol. The van der Waals surface area contributed by atoms with Crippen LogP contribution in [0, 0.1) is 12.3 Å². The first-order valence-electron chi connectivity index (χ1n) is 4.20. The molecular formula is C10H18Si. The summed E-state index contributed by atoms with van der Waals surface area (Å²) < 4.78 is 0. The fraction of sp³-hybridized carbons (Fsp3) is 0.600. The predicted octanol–water partition coefficient (Wildman–Crippen LogP) is 3.22. The second-order valence-corrected chi connectivity index (χ2v) is 8.36. The molecule has 0 saturated heterocycles. The van der Waals surface area contributed by atoms with Crippen LogP contribution in [0.15, 0.2) is 11.8 Å². The van der Waals surface area contributed by atoms with Crippen molar-refractivity contribution in [3.63, 3.8) is 0 Å². The van der Waals surface area contributed by atoms with Crippen molar-refractivity contribution < 1.29 is 0 Å². The van der Waals surface area contributed by atoms with E-state index in [0.29, 0.717) is 0 Å². The molecule has 0 unspecified atom stereocenters. The molecule has 0 spiro atoms. The highest BCUT2D eigenvalue weighted by Crippen LogP contribution is 2.14. The van der Waals surface area contributed by atoms with Crippen LogP contribution in [0.4, 0.5) is 0 Å². The number of allylic oxidation sites excluding steroid dienone is 1. The highest BCUT2D eigenvalue weighted by molar-refractivity contribution is 6.82. The largest absolute Gasteiger partial charge is 0.120 e. The van der Waals surface area contributed by atoms with Gasteiger partial charge in [-0.3, -0.25) is 0 Å². The Labute approximate surface area is 71.7 Å². The summed E-state index contributed by atoms with van der Waals surface area (Å²) in [6.07, 6.45) is 9.48. The maximum absolute atomic E-state index is 5.18. The average Bonchev–Trinajstić information content (AvgIpc) is 1.87. The van der Waals surface area contributed by atoms with Gasteiger partial charge >= 0.3 is 0 Å². The van der Waals surface area contributed by atoms with Crippen LogP contribution in [-0.2, 0) is 0 Å². The van der Waals surface area contributed by atoms with Crippen LogP contribution < -0.4 is 0 Å². The SMILES string of the molecule is C#CCCC[Si](C)(C)/C=C\C. The topological polar surface area (TPSA) is 0 Å². The fourth-order valence-corrected chi connectivity index (χ4v) is 3.34. The minimum Gasteiger partial charge on any atom is -0.120 e. The Bertz CT molecular complexity index is 160. The minimum atomic E-state index is -1.02. The Kier molecular flexibility index (Phi) is 4.98. The molecule has 0 rings (SSSR count). The van der Waals surface area contributed by atoms with Gasteiger partial charge in [0.05, 0.1) is 8.07 Å². The summed E-state index contributed by atoms with van der Waals surface area (Å²) in [7, 11) is -1.02. The van der Waals surface area contributed by atoms with Gasteiger partial charge in [0, 0.05) is 6.42 Å². The summed E-state index contributed by atoms with van der Waals surface area (Å²) in [5, 5.41) is 0. The zero-order valence-corrected chi connectivity index (χ0v) is 8.85. The molecule has 0 saturated carbocycles. The van der Waals surface area contributed by atoms with Gasteiger partial charge in [0.1, 0.15) is 0 Å². The summed E-state index contributed by atoms with van der Waals surface area (Å²) >= 11 is 0. The van der Waals surface area contributed by atoms with E-state index in [4.69, 9.17) is 6.42 Å². The third-order valence-corrected chi connectivity index (χ3v) is 4.64. The number of rotatable bonds is 4. The lowest BCUT2D eigenvalue weighted by molar-refractivity contribution is 0.960. The molecular weight excluding hydrogens is 148 g/mol. The van der Waals surface area contributed by atoms with Crippen molar-refractivity contribution >= 4 is 8.07 Å². The number of hydrogen-bond donors (Lipinski definition) is 0. The van der Waals surface area contributed by atoms with E-state index in [-0.39, 0.29) is 0 Å². The first-order chi connectivity index (χ1) is 5.12. The summed E-state index contributed by atoms with van der Waals surface area (Å²) in [5.74, 6) is 2.68. The molecule has 62 valence electrons. The smallest absolute Gasteiger partial charge is 0.0713 e. The van der Waals surface area contributed by atoms with E-state index in [1.165, 1.54) is 12.5 Å². The molecule has 0 N–H and O–H groups in total. The van der Waals surface area contributed by atoms with Crippen LogP contribution in [0.1, 0.15) is 19.8 Å². The van der Waals surface area contributed by atoms with Crippen LogP contribution in [0.25, 0.3) is 0 Å². The quantitative estimate of drug-likeness (QED) is 0.342. The normalized spacial score (nSPS) is 11.8. The standard InChI is InChI=1S/C10H18Si/c1-5-7-8-10-11(3,4)9-6-2/h1,6,9H,7-8,10H2,2-4H3/b9-6-. The lowest BCUT2D eigenvalue weighted by Gasteiger charge is -2.15. The van der Waals surface area contributed by atoms with E-state index < -0.39 is 8.07 Å². The van der Waals surface area contributed by atoms with E-state index in [9.17, 15) is 0 Å². The highest BCUT2D eigenvalue weighted by Gasteiger charge is 2.14. The molecule has 11 heavy (non-hydrogen) atoms.